The van der Waals surface area contributed by atoms with Crippen molar-refractivity contribution < 1.29 is 4.79 Å². The van der Waals surface area contributed by atoms with E-state index in [9.17, 15) is 4.79 Å². The second-order valence-corrected chi connectivity index (χ2v) is 4.54. The topological polar surface area (TPSA) is 110 Å². The minimum absolute atomic E-state index is 0.131. The Morgan fingerprint density at radius 1 is 1.15 bits per heavy atom. The Hall–Kier alpha value is -2.83. The molecular weight excluding hydrogens is 256 g/mol. The van der Waals surface area contributed by atoms with Crippen LogP contribution in [0.1, 0.15) is 11.3 Å². The lowest BCUT2D eigenvalue weighted by Crippen LogP contribution is -2.30. The number of nitrogen functional groups attached to an aromatic ring is 2. The van der Waals surface area contributed by atoms with Crippen LogP contribution in [0.2, 0.25) is 0 Å². The molecule has 1 aliphatic heterocycles. The number of fused-ring (bicyclic) bond motifs is 1. The lowest BCUT2D eigenvalue weighted by Gasteiger charge is -2.16. The molecule has 7 nitrogen and oxygen atoms in total. The molecule has 0 spiro atoms. The van der Waals surface area contributed by atoms with Gasteiger partial charge in [0.1, 0.15) is 5.82 Å². The molecule has 0 atom stereocenters. The van der Waals surface area contributed by atoms with Crippen molar-refractivity contribution >= 4 is 23.5 Å². The van der Waals surface area contributed by atoms with Crippen molar-refractivity contribution in [1.82, 2.24) is 14.9 Å². The van der Waals surface area contributed by atoms with Crippen LogP contribution in [0.5, 0.6) is 0 Å². The normalized spacial score (nSPS) is 13.1. The van der Waals surface area contributed by atoms with Crippen LogP contribution in [0.3, 0.4) is 0 Å². The zero-order chi connectivity index (χ0) is 14.1. The largest absolute Gasteiger partial charge is 0.383 e. The molecule has 0 radical (unpaired) electrons. The molecule has 1 aliphatic rings. The third-order valence-electron chi connectivity index (χ3n) is 3.14. The van der Waals surface area contributed by atoms with Crippen molar-refractivity contribution in [2.75, 3.05) is 16.8 Å². The van der Waals surface area contributed by atoms with Gasteiger partial charge in [-0.05, 0) is 12.1 Å². The van der Waals surface area contributed by atoms with Crippen LogP contribution in [0.15, 0.2) is 30.3 Å². The van der Waals surface area contributed by atoms with Crippen LogP contribution in [-0.4, -0.2) is 20.9 Å². The van der Waals surface area contributed by atoms with Crippen LogP contribution in [-0.2, 0) is 13.1 Å². The quantitative estimate of drug-likeness (QED) is 0.721. The molecule has 2 amide bonds. The maximum Gasteiger partial charge on any atom is 0.322 e. The lowest BCUT2D eigenvalue weighted by molar-refractivity contribution is 0.212. The number of carbonyl (C=O) groups is 1. The molecule has 5 N–H and O–H groups in total. The number of benzene rings is 1. The van der Waals surface area contributed by atoms with E-state index in [-0.39, 0.29) is 12.0 Å². The standard InChI is InChI=1S/C13H14N6O/c14-11-9-6-19(7-10(9)17-12(15)18-11)13(20)16-8-4-2-1-3-5-8/h1-5H,6-7H2,(H,16,20)(H4,14,15,17,18). The number of hydrogen-bond donors (Lipinski definition) is 3. The zero-order valence-electron chi connectivity index (χ0n) is 10.7. The van der Waals surface area contributed by atoms with Crippen molar-refractivity contribution in [3.63, 3.8) is 0 Å². The molecule has 7 heteroatoms. The molecule has 0 fully saturated rings. The van der Waals surface area contributed by atoms with Crippen LogP contribution in [0, 0.1) is 0 Å². The fourth-order valence-electron chi connectivity index (χ4n) is 2.17. The summed E-state index contributed by atoms with van der Waals surface area (Å²) in [7, 11) is 0. The van der Waals surface area contributed by atoms with E-state index < -0.39 is 0 Å². The van der Waals surface area contributed by atoms with E-state index in [1.54, 1.807) is 4.90 Å². The number of anilines is 3. The van der Waals surface area contributed by atoms with Gasteiger partial charge < -0.3 is 21.7 Å². The zero-order valence-corrected chi connectivity index (χ0v) is 10.7. The number of aromatic nitrogens is 2. The number of urea groups is 1. The highest BCUT2D eigenvalue weighted by Crippen LogP contribution is 2.26. The van der Waals surface area contributed by atoms with Gasteiger partial charge in [0, 0.05) is 11.3 Å². The molecule has 0 saturated carbocycles. The molecule has 0 bridgehead atoms. The summed E-state index contributed by atoms with van der Waals surface area (Å²) >= 11 is 0. The molecule has 1 aromatic carbocycles. The van der Waals surface area contributed by atoms with Crippen LogP contribution >= 0.6 is 0 Å². The van der Waals surface area contributed by atoms with Crippen LogP contribution in [0.25, 0.3) is 0 Å². The number of nitrogens with zero attached hydrogens (tertiary/aromatic N) is 3. The Balaban J connectivity index is 1.75. The van der Waals surface area contributed by atoms with E-state index in [1.807, 2.05) is 30.3 Å². The molecule has 3 rings (SSSR count). The molecule has 102 valence electrons. The second kappa shape index (κ2) is 4.69. The summed E-state index contributed by atoms with van der Waals surface area (Å²) in [5, 5.41) is 2.82. The van der Waals surface area contributed by atoms with Crippen molar-refractivity contribution in [2.45, 2.75) is 13.1 Å². The van der Waals surface area contributed by atoms with Crippen LogP contribution < -0.4 is 16.8 Å². The maximum absolute atomic E-state index is 12.2. The molecule has 1 aromatic heterocycles. The first-order valence-corrected chi connectivity index (χ1v) is 6.15. The summed E-state index contributed by atoms with van der Waals surface area (Å²) < 4.78 is 0. The number of carbonyl (C=O) groups excluding carboxylic acids is 1. The maximum atomic E-state index is 12.2. The predicted octanol–water partition coefficient (Wildman–Crippen LogP) is 1.19. The Kier molecular flexibility index (Phi) is 2.86. The van der Waals surface area contributed by atoms with Crippen molar-refractivity contribution in [1.29, 1.82) is 0 Å². The van der Waals surface area contributed by atoms with Gasteiger partial charge >= 0.3 is 6.03 Å². The first kappa shape index (κ1) is 12.2. The summed E-state index contributed by atoms with van der Waals surface area (Å²) in [5.41, 5.74) is 13.6. The second-order valence-electron chi connectivity index (χ2n) is 4.54. The third kappa shape index (κ3) is 2.20. The smallest absolute Gasteiger partial charge is 0.322 e. The highest BCUT2D eigenvalue weighted by molar-refractivity contribution is 5.89. The number of rotatable bonds is 1. The number of para-hydroxylation sites is 1. The Bertz CT molecular complexity index is 657. The average molecular weight is 270 g/mol. The van der Waals surface area contributed by atoms with E-state index >= 15 is 0 Å². The van der Waals surface area contributed by atoms with Gasteiger partial charge in [-0.3, -0.25) is 0 Å². The van der Waals surface area contributed by atoms with Gasteiger partial charge in [0.25, 0.3) is 0 Å². The summed E-state index contributed by atoms with van der Waals surface area (Å²) in [4.78, 5) is 21.8. The summed E-state index contributed by atoms with van der Waals surface area (Å²) in [6, 6.07) is 9.06. The molecule has 0 saturated heterocycles. The van der Waals surface area contributed by atoms with Gasteiger partial charge in [-0.1, -0.05) is 18.2 Å². The van der Waals surface area contributed by atoms with E-state index in [1.165, 1.54) is 0 Å². The molecule has 0 unspecified atom stereocenters. The average Bonchev–Trinajstić information content (AvgIpc) is 2.84. The number of hydrogen-bond acceptors (Lipinski definition) is 5. The van der Waals surface area contributed by atoms with Gasteiger partial charge in [-0.25, -0.2) is 9.78 Å². The van der Waals surface area contributed by atoms with E-state index in [0.717, 1.165) is 11.3 Å². The van der Waals surface area contributed by atoms with Crippen LogP contribution in [0.4, 0.5) is 22.2 Å². The third-order valence-corrected chi connectivity index (χ3v) is 3.14. The molecule has 2 heterocycles. The first-order chi connectivity index (χ1) is 9.63. The highest BCUT2D eigenvalue weighted by Gasteiger charge is 2.27. The fourth-order valence-corrected chi connectivity index (χ4v) is 2.17. The van der Waals surface area contributed by atoms with E-state index in [2.05, 4.69) is 15.3 Å². The number of nitrogens with two attached hydrogens (primary N) is 2. The number of amides is 2. The fraction of sp³-hybridized carbons (Fsp3) is 0.154. The Morgan fingerprint density at radius 2 is 1.90 bits per heavy atom. The Morgan fingerprint density at radius 3 is 2.65 bits per heavy atom. The number of nitrogens with one attached hydrogen (secondary N) is 1. The van der Waals surface area contributed by atoms with Gasteiger partial charge in [0.05, 0.1) is 18.8 Å². The van der Waals surface area contributed by atoms with E-state index in [4.69, 9.17) is 11.5 Å². The summed E-state index contributed by atoms with van der Waals surface area (Å²) in [6.45, 7) is 0.769. The molecular formula is C13H14N6O. The van der Waals surface area contributed by atoms with Crippen molar-refractivity contribution in [3.05, 3.63) is 41.6 Å². The monoisotopic (exact) mass is 270 g/mol. The lowest BCUT2D eigenvalue weighted by atomic mass is 10.2. The Labute approximate surface area is 115 Å². The highest BCUT2D eigenvalue weighted by atomic mass is 16.2. The van der Waals surface area contributed by atoms with Gasteiger partial charge in [-0.2, -0.15) is 4.98 Å². The minimum atomic E-state index is -0.202. The predicted molar refractivity (Wildman–Crippen MR) is 75.6 cm³/mol. The minimum Gasteiger partial charge on any atom is -0.383 e. The summed E-state index contributed by atoms with van der Waals surface area (Å²) in [5.74, 6) is 0.467. The van der Waals surface area contributed by atoms with Gasteiger partial charge in [0.2, 0.25) is 5.95 Å². The van der Waals surface area contributed by atoms with Gasteiger partial charge in [-0.15, -0.1) is 0 Å². The SMILES string of the molecule is Nc1nc(N)c2c(n1)CN(C(=O)Nc1ccccc1)C2. The van der Waals surface area contributed by atoms with E-state index in [0.29, 0.717) is 24.6 Å². The first-order valence-electron chi connectivity index (χ1n) is 6.15. The van der Waals surface area contributed by atoms with Crippen molar-refractivity contribution in [3.8, 4) is 0 Å². The van der Waals surface area contributed by atoms with Crippen molar-refractivity contribution in [2.24, 2.45) is 0 Å². The van der Waals surface area contributed by atoms with Gasteiger partial charge in [0.15, 0.2) is 0 Å². The molecule has 2 aromatic rings. The summed E-state index contributed by atoms with van der Waals surface area (Å²) in [6.07, 6.45) is 0. The molecule has 20 heavy (non-hydrogen) atoms. The molecule has 0 aliphatic carbocycles.